The van der Waals surface area contributed by atoms with Crippen molar-refractivity contribution in [1.29, 1.82) is 0 Å². The lowest BCUT2D eigenvalue weighted by atomic mass is 9.84. The van der Waals surface area contributed by atoms with Gasteiger partial charge >= 0.3 is 0 Å². The van der Waals surface area contributed by atoms with E-state index in [1.165, 1.54) is 6.42 Å². The quantitative estimate of drug-likeness (QED) is 0.909. The van der Waals surface area contributed by atoms with Gasteiger partial charge in [-0.05, 0) is 44.0 Å². The van der Waals surface area contributed by atoms with Crippen molar-refractivity contribution < 1.29 is 9.15 Å². The van der Waals surface area contributed by atoms with Crippen LogP contribution in [-0.2, 0) is 11.3 Å². The fourth-order valence-electron chi connectivity index (χ4n) is 3.89. The number of aryl methyl sites for hydroxylation is 1. The molecule has 0 bridgehead atoms. The average Bonchev–Trinajstić information content (AvgIpc) is 3.20. The standard InChI is InChI=1S/C18H24N4O2/c1-13-3-4-15(24-13)11-22-8-5-16-14(10-22)12-23-17(16)9-21-18-19-6-2-7-20-18/h2-4,6-7,14,16-17H,5,8-12H2,1H3,(H,19,20,21)/t14-,16-,17+/m1/s1. The first-order chi connectivity index (χ1) is 11.8. The number of hydrogen-bond donors (Lipinski definition) is 1. The van der Waals surface area contributed by atoms with Crippen molar-refractivity contribution in [1.82, 2.24) is 14.9 Å². The summed E-state index contributed by atoms with van der Waals surface area (Å²) in [6.45, 7) is 6.71. The molecule has 2 aliphatic rings. The third kappa shape index (κ3) is 3.44. The molecule has 6 heteroatoms. The van der Waals surface area contributed by atoms with Crippen molar-refractivity contribution in [2.75, 3.05) is 31.6 Å². The summed E-state index contributed by atoms with van der Waals surface area (Å²) in [5.41, 5.74) is 0. The minimum Gasteiger partial charge on any atom is -0.465 e. The van der Waals surface area contributed by atoms with Crippen LogP contribution in [0.1, 0.15) is 17.9 Å². The fourth-order valence-corrected chi connectivity index (χ4v) is 3.89. The molecular formula is C18H24N4O2. The number of fused-ring (bicyclic) bond motifs is 1. The highest BCUT2D eigenvalue weighted by Gasteiger charge is 2.40. The summed E-state index contributed by atoms with van der Waals surface area (Å²) in [5, 5.41) is 3.30. The molecule has 6 nitrogen and oxygen atoms in total. The fraction of sp³-hybridized carbons (Fsp3) is 0.556. The van der Waals surface area contributed by atoms with Gasteiger partial charge in [0, 0.05) is 31.4 Å². The summed E-state index contributed by atoms with van der Waals surface area (Å²) < 4.78 is 11.8. The Morgan fingerprint density at radius 2 is 2.17 bits per heavy atom. The molecule has 2 aromatic heterocycles. The molecule has 3 atom stereocenters. The first-order valence-electron chi connectivity index (χ1n) is 8.68. The van der Waals surface area contributed by atoms with Crippen LogP contribution in [0.25, 0.3) is 0 Å². The van der Waals surface area contributed by atoms with Crippen LogP contribution >= 0.6 is 0 Å². The van der Waals surface area contributed by atoms with Crippen LogP contribution in [0.2, 0.25) is 0 Å². The molecule has 4 heterocycles. The van der Waals surface area contributed by atoms with E-state index in [9.17, 15) is 0 Å². The second-order valence-electron chi connectivity index (χ2n) is 6.79. The van der Waals surface area contributed by atoms with Gasteiger partial charge in [-0.25, -0.2) is 9.97 Å². The molecule has 2 aromatic rings. The van der Waals surface area contributed by atoms with Crippen LogP contribution in [0.4, 0.5) is 5.95 Å². The summed E-state index contributed by atoms with van der Waals surface area (Å²) in [6, 6.07) is 5.94. The van der Waals surface area contributed by atoms with Crippen molar-refractivity contribution in [3.63, 3.8) is 0 Å². The predicted octanol–water partition coefficient (Wildman–Crippen LogP) is 2.33. The van der Waals surface area contributed by atoms with E-state index in [0.717, 1.165) is 44.3 Å². The van der Waals surface area contributed by atoms with Gasteiger partial charge in [0.1, 0.15) is 11.5 Å². The Bertz CT molecular complexity index is 660. The van der Waals surface area contributed by atoms with Gasteiger partial charge in [0.15, 0.2) is 0 Å². The maximum atomic E-state index is 6.06. The zero-order valence-corrected chi connectivity index (χ0v) is 14.0. The van der Waals surface area contributed by atoms with Gasteiger partial charge in [0.25, 0.3) is 0 Å². The number of ether oxygens (including phenoxy) is 1. The normalized spacial score (nSPS) is 27.1. The molecule has 2 saturated heterocycles. The number of anilines is 1. The van der Waals surface area contributed by atoms with Crippen molar-refractivity contribution in [2.45, 2.75) is 26.0 Å². The number of piperidine rings is 1. The summed E-state index contributed by atoms with van der Waals surface area (Å²) >= 11 is 0. The Balaban J connectivity index is 1.29. The smallest absolute Gasteiger partial charge is 0.222 e. The Labute approximate surface area is 142 Å². The Hall–Kier alpha value is -1.92. The Kier molecular flexibility index (Phi) is 4.49. The lowest BCUT2D eigenvalue weighted by Gasteiger charge is -2.35. The lowest BCUT2D eigenvalue weighted by Crippen LogP contribution is -2.42. The zero-order chi connectivity index (χ0) is 16.4. The number of nitrogens with one attached hydrogen (secondary N) is 1. The number of nitrogens with zero attached hydrogens (tertiary/aromatic N) is 3. The first-order valence-corrected chi connectivity index (χ1v) is 8.68. The second-order valence-corrected chi connectivity index (χ2v) is 6.79. The van der Waals surface area contributed by atoms with E-state index in [-0.39, 0.29) is 6.10 Å². The molecule has 1 N–H and O–H groups in total. The Morgan fingerprint density at radius 3 is 2.96 bits per heavy atom. The van der Waals surface area contributed by atoms with Gasteiger partial charge in [-0.1, -0.05) is 0 Å². The van der Waals surface area contributed by atoms with Crippen LogP contribution in [0.5, 0.6) is 0 Å². The molecule has 2 aliphatic heterocycles. The van der Waals surface area contributed by atoms with Gasteiger partial charge < -0.3 is 14.5 Å². The summed E-state index contributed by atoms with van der Waals surface area (Å²) in [6.07, 6.45) is 4.93. The summed E-state index contributed by atoms with van der Waals surface area (Å²) in [7, 11) is 0. The lowest BCUT2D eigenvalue weighted by molar-refractivity contribution is 0.0937. The van der Waals surface area contributed by atoms with Gasteiger partial charge in [0.2, 0.25) is 5.95 Å². The molecular weight excluding hydrogens is 304 g/mol. The molecule has 0 spiro atoms. The van der Waals surface area contributed by atoms with Gasteiger partial charge in [-0.3, -0.25) is 4.90 Å². The third-order valence-electron chi connectivity index (χ3n) is 5.08. The highest BCUT2D eigenvalue weighted by atomic mass is 16.5. The van der Waals surface area contributed by atoms with Crippen molar-refractivity contribution in [2.24, 2.45) is 11.8 Å². The number of hydrogen-bond acceptors (Lipinski definition) is 6. The molecule has 0 aliphatic carbocycles. The third-order valence-corrected chi connectivity index (χ3v) is 5.08. The predicted molar refractivity (Wildman–Crippen MR) is 90.6 cm³/mol. The van der Waals surface area contributed by atoms with E-state index in [0.29, 0.717) is 17.8 Å². The molecule has 0 aromatic carbocycles. The largest absolute Gasteiger partial charge is 0.465 e. The minimum atomic E-state index is 0.256. The van der Waals surface area contributed by atoms with Gasteiger partial charge in [-0.2, -0.15) is 0 Å². The van der Waals surface area contributed by atoms with Crippen LogP contribution in [0.15, 0.2) is 35.0 Å². The molecule has 24 heavy (non-hydrogen) atoms. The topological polar surface area (TPSA) is 63.4 Å². The number of likely N-dealkylation sites (tertiary alicyclic amines) is 1. The van der Waals surface area contributed by atoms with E-state index in [2.05, 4.69) is 26.3 Å². The van der Waals surface area contributed by atoms with Crippen molar-refractivity contribution >= 4 is 5.95 Å². The van der Waals surface area contributed by atoms with E-state index in [1.54, 1.807) is 12.4 Å². The van der Waals surface area contributed by atoms with Crippen molar-refractivity contribution in [3.8, 4) is 0 Å². The van der Waals surface area contributed by atoms with Crippen molar-refractivity contribution in [3.05, 3.63) is 42.1 Å². The summed E-state index contributed by atoms with van der Waals surface area (Å²) in [5.74, 6) is 3.95. The highest BCUT2D eigenvalue weighted by Crippen LogP contribution is 2.35. The number of furan rings is 1. The minimum absolute atomic E-state index is 0.256. The Morgan fingerprint density at radius 1 is 1.29 bits per heavy atom. The maximum absolute atomic E-state index is 6.06. The van der Waals surface area contributed by atoms with Gasteiger partial charge in [0.05, 0.1) is 19.3 Å². The van der Waals surface area contributed by atoms with E-state index in [1.807, 2.05) is 19.1 Å². The molecule has 4 rings (SSSR count). The van der Waals surface area contributed by atoms with Crippen LogP contribution in [0, 0.1) is 18.8 Å². The molecule has 128 valence electrons. The molecule has 0 unspecified atom stereocenters. The second kappa shape index (κ2) is 6.91. The van der Waals surface area contributed by atoms with Crippen LogP contribution in [-0.4, -0.2) is 47.2 Å². The molecule has 0 radical (unpaired) electrons. The van der Waals surface area contributed by atoms with E-state index in [4.69, 9.17) is 9.15 Å². The highest BCUT2D eigenvalue weighted by molar-refractivity contribution is 5.22. The first kappa shape index (κ1) is 15.6. The SMILES string of the molecule is Cc1ccc(CN2CC[C@@H]3[C@@H](CO[C@H]3CNc3ncccn3)C2)o1. The molecule has 0 saturated carbocycles. The van der Waals surface area contributed by atoms with Crippen LogP contribution in [0.3, 0.4) is 0 Å². The van der Waals surface area contributed by atoms with E-state index >= 15 is 0 Å². The maximum Gasteiger partial charge on any atom is 0.222 e. The molecule has 0 amide bonds. The average molecular weight is 328 g/mol. The number of rotatable bonds is 5. The van der Waals surface area contributed by atoms with Gasteiger partial charge in [-0.15, -0.1) is 0 Å². The van der Waals surface area contributed by atoms with Crippen LogP contribution < -0.4 is 5.32 Å². The monoisotopic (exact) mass is 328 g/mol. The zero-order valence-electron chi connectivity index (χ0n) is 14.0. The summed E-state index contributed by atoms with van der Waals surface area (Å²) in [4.78, 5) is 10.9. The number of aromatic nitrogens is 2. The van der Waals surface area contributed by atoms with E-state index < -0.39 is 0 Å². The molecule has 2 fully saturated rings.